The largest absolute Gasteiger partial charge is 0.446 e. The third-order valence-corrected chi connectivity index (χ3v) is 10.3. The average molecular weight is 682 g/mol. The van der Waals surface area contributed by atoms with Gasteiger partial charge in [0.05, 0.1) is 18.3 Å². The average Bonchev–Trinajstić information content (AvgIpc) is 3.15. The van der Waals surface area contributed by atoms with Gasteiger partial charge in [-0.3, -0.25) is 19.8 Å². The summed E-state index contributed by atoms with van der Waals surface area (Å²) < 4.78 is 5.77. The first-order valence-corrected chi connectivity index (χ1v) is 18.3. The maximum absolute atomic E-state index is 12.9. The molecule has 6 rings (SSSR count). The Labute approximate surface area is 295 Å². The molecule has 266 valence electrons. The highest BCUT2D eigenvalue weighted by molar-refractivity contribution is 5.97. The minimum absolute atomic E-state index is 0.0769. The molecular formula is C40H51N5O5. The Morgan fingerprint density at radius 3 is 2.12 bits per heavy atom. The Morgan fingerprint density at radius 2 is 1.40 bits per heavy atom. The lowest BCUT2D eigenvalue weighted by atomic mass is 9.93. The fourth-order valence-electron chi connectivity index (χ4n) is 7.28. The van der Waals surface area contributed by atoms with Crippen molar-refractivity contribution >= 4 is 23.5 Å². The normalized spacial score (nSPS) is 18.5. The van der Waals surface area contributed by atoms with Gasteiger partial charge in [-0.15, -0.1) is 0 Å². The van der Waals surface area contributed by atoms with E-state index in [0.29, 0.717) is 44.6 Å². The van der Waals surface area contributed by atoms with E-state index >= 15 is 0 Å². The van der Waals surface area contributed by atoms with Crippen molar-refractivity contribution in [1.82, 2.24) is 20.0 Å². The molecule has 0 unspecified atom stereocenters. The molecule has 10 nitrogen and oxygen atoms in total. The number of benzene rings is 3. The summed E-state index contributed by atoms with van der Waals surface area (Å²) in [6.07, 6.45) is 3.85. The lowest BCUT2D eigenvalue weighted by molar-refractivity contribution is -0.139. The smallest absolute Gasteiger partial charge is 0.411 e. The van der Waals surface area contributed by atoms with E-state index < -0.39 is 6.09 Å². The van der Waals surface area contributed by atoms with E-state index in [4.69, 9.17) is 4.74 Å². The highest BCUT2D eigenvalue weighted by Gasteiger charge is 2.30. The molecule has 0 aromatic heterocycles. The Morgan fingerprint density at radius 1 is 0.740 bits per heavy atom. The number of anilines is 1. The van der Waals surface area contributed by atoms with E-state index in [2.05, 4.69) is 20.4 Å². The van der Waals surface area contributed by atoms with Crippen molar-refractivity contribution in [3.8, 4) is 11.1 Å². The maximum atomic E-state index is 12.9. The zero-order chi connectivity index (χ0) is 34.7. The number of aliphatic hydroxyl groups excluding tert-OH is 1. The van der Waals surface area contributed by atoms with Crippen molar-refractivity contribution < 1.29 is 24.2 Å². The molecule has 3 heterocycles. The zero-order valence-corrected chi connectivity index (χ0v) is 29.0. The van der Waals surface area contributed by atoms with Gasteiger partial charge in [0.15, 0.2) is 5.78 Å². The van der Waals surface area contributed by atoms with Gasteiger partial charge < -0.3 is 25.0 Å². The topological polar surface area (TPSA) is 114 Å². The van der Waals surface area contributed by atoms with Gasteiger partial charge in [0, 0.05) is 62.9 Å². The fraction of sp³-hybridized carbons (Fsp3) is 0.475. The lowest BCUT2D eigenvalue weighted by Crippen LogP contribution is -2.46. The van der Waals surface area contributed by atoms with Gasteiger partial charge in [0.25, 0.3) is 0 Å². The van der Waals surface area contributed by atoms with Gasteiger partial charge >= 0.3 is 6.09 Å². The fourth-order valence-corrected chi connectivity index (χ4v) is 7.28. The molecule has 0 aliphatic carbocycles. The molecule has 0 atom stereocenters. The monoisotopic (exact) mass is 681 g/mol. The first-order chi connectivity index (χ1) is 24.4. The van der Waals surface area contributed by atoms with Crippen molar-refractivity contribution in [1.29, 1.82) is 0 Å². The first-order valence-electron chi connectivity index (χ1n) is 18.3. The van der Waals surface area contributed by atoms with Crippen LogP contribution in [-0.4, -0.2) is 109 Å². The number of ether oxygens (including phenoxy) is 1. The summed E-state index contributed by atoms with van der Waals surface area (Å²) in [5.74, 6) is 0.418. The summed E-state index contributed by atoms with van der Waals surface area (Å²) in [4.78, 5) is 45.1. The highest BCUT2D eigenvalue weighted by Crippen LogP contribution is 2.28. The summed E-state index contributed by atoms with van der Waals surface area (Å²) in [5, 5.41) is 16.0. The number of hydrogen-bond donors (Lipinski definition) is 3. The van der Waals surface area contributed by atoms with Crippen LogP contribution in [0.25, 0.3) is 11.1 Å². The third-order valence-electron chi connectivity index (χ3n) is 10.3. The summed E-state index contributed by atoms with van der Waals surface area (Å²) in [7, 11) is 0. The number of amides is 2. The predicted molar refractivity (Wildman–Crippen MR) is 195 cm³/mol. The van der Waals surface area contributed by atoms with Crippen LogP contribution in [0, 0.1) is 5.92 Å². The van der Waals surface area contributed by atoms with Crippen LogP contribution < -0.4 is 10.6 Å². The molecule has 3 aliphatic rings. The van der Waals surface area contributed by atoms with Crippen LogP contribution >= 0.6 is 0 Å². The number of piperidine rings is 3. The van der Waals surface area contributed by atoms with Crippen LogP contribution in [0.1, 0.15) is 54.4 Å². The molecule has 0 bridgehead atoms. The number of carbonyl (C=O) groups is 3. The second-order valence-electron chi connectivity index (χ2n) is 13.9. The number of Topliss-reactive ketones (excluding diaryl/α,β-unsaturated/α-hetero) is 1. The second kappa shape index (κ2) is 17.7. The second-order valence-corrected chi connectivity index (χ2v) is 13.9. The van der Waals surface area contributed by atoms with Gasteiger partial charge in [-0.25, -0.2) is 4.79 Å². The van der Waals surface area contributed by atoms with Crippen molar-refractivity contribution in [2.24, 2.45) is 5.92 Å². The lowest BCUT2D eigenvalue weighted by Gasteiger charge is -2.36. The molecular weight excluding hydrogens is 630 g/mol. The molecule has 3 fully saturated rings. The summed E-state index contributed by atoms with van der Waals surface area (Å²) in [5.41, 5.74) is 4.61. The number of likely N-dealkylation sites (tertiary alicyclic amines) is 3. The molecule has 2 amide bonds. The van der Waals surface area contributed by atoms with E-state index in [0.717, 1.165) is 81.8 Å². The van der Waals surface area contributed by atoms with Crippen LogP contribution in [-0.2, 0) is 16.1 Å². The number of ketones is 1. The van der Waals surface area contributed by atoms with E-state index in [-0.39, 0.29) is 29.8 Å². The Balaban J connectivity index is 0.838. The van der Waals surface area contributed by atoms with Gasteiger partial charge in [-0.2, -0.15) is 0 Å². The van der Waals surface area contributed by atoms with E-state index in [1.54, 1.807) is 0 Å². The number of carbonyl (C=O) groups excluding carboxylic acids is 3. The highest BCUT2D eigenvalue weighted by atomic mass is 16.6. The minimum atomic E-state index is -0.427. The molecule has 0 saturated carbocycles. The molecule has 0 radical (unpaired) electrons. The Bertz CT molecular complexity index is 1540. The molecule has 3 N–H and O–H groups in total. The first kappa shape index (κ1) is 35.7. The molecule has 3 saturated heterocycles. The van der Waals surface area contributed by atoms with Crippen LogP contribution in [0.5, 0.6) is 0 Å². The van der Waals surface area contributed by atoms with Crippen LogP contribution in [0.15, 0.2) is 78.9 Å². The molecule has 10 heteroatoms. The minimum Gasteiger partial charge on any atom is -0.446 e. The predicted octanol–water partition coefficient (Wildman–Crippen LogP) is 5.03. The number of nitrogens with zero attached hydrogens (tertiary/aromatic N) is 3. The van der Waals surface area contributed by atoms with Crippen molar-refractivity contribution in [3.63, 3.8) is 0 Å². The Kier molecular flexibility index (Phi) is 12.7. The van der Waals surface area contributed by atoms with Gasteiger partial charge in [-0.1, -0.05) is 72.8 Å². The maximum Gasteiger partial charge on any atom is 0.411 e. The van der Waals surface area contributed by atoms with E-state index in [9.17, 15) is 19.5 Å². The molecule has 0 spiro atoms. The van der Waals surface area contributed by atoms with E-state index in [1.165, 1.54) is 5.56 Å². The van der Waals surface area contributed by atoms with Gasteiger partial charge in [0.1, 0.15) is 6.10 Å². The van der Waals surface area contributed by atoms with Crippen molar-refractivity contribution in [3.05, 3.63) is 90.0 Å². The third kappa shape index (κ3) is 10.0. The standard InChI is InChI=1S/C40H51N5O5/c46-34-16-25-45(26-17-34)39(48)33-14-21-44(22-15-33)29-30-10-12-32(13-11-30)38(47)28-41-20-27-43-23-18-35(19-24-43)50-40(49)42-37-9-5-4-8-36(37)31-6-2-1-3-7-31/h1-13,33-35,41,46H,14-29H2,(H,42,49). The molecule has 3 aromatic rings. The van der Waals surface area contributed by atoms with Crippen LogP contribution in [0.3, 0.4) is 0 Å². The van der Waals surface area contributed by atoms with E-state index in [1.807, 2.05) is 83.8 Å². The van der Waals surface area contributed by atoms with Gasteiger partial charge in [-0.05, 0) is 68.8 Å². The quantitative estimate of drug-likeness (QED) is 0.180. The summed E-state index contributed by atoms with van der Waals surface area (Å²) in [6, 6.07) is 25.6. The number of para-hydroxylation sites is 1. The van der Waals surface area contributed by atoms with Crippen molar-refractivity contribution in [2.75, 3.05) is 64.2 Å². The van der Waals surface area contributed by atoms with Gasteiger partial charge in [0.2, 0.25) is 5.91 Å². The number of hydrogen-bond acceptors (Lipinski definition) is 8. The van der Waals surface area contributed by atoms with Crippen LogP contribution in [0.2, 0.25) is 0 Å². The Hall–Kier alpha value is -4.09. The summed E-state index contributed by atoms with van der Waals surface area (Å²) >= 11 is 0. The van der Waals surface area contributed by atoms with Crippen molar-refractivity contribution in [2.45, 2.75) is 57.3 Å². The number of aliphatic hydroxyl groups is 1. The molecule has 3 aliphatic heterocycles. The molecule has 3 aromatic carbocycles. The number of rotatable bonds is 12. The summed E-state index contributed by atoms with van der Waals surface area (Å²) in [6.45, 7) is 7.46. The van der Waals surface area contributed by atoms with Crippen LogP contribution in [0.4, 0.5) is 10.5 Å². The SMILES string of the molecule is O=C(Nc1ccccc1-c1ccccc1)OC1CCN(CCNCC(=O)c2ccc(CN3CCC(C(=O)N4CCC(O)CC4)CC3)cc2)CC1. The number of nitrogens with one attached hydrogen (secondary N) is 2. The zero-order valence-electron chi connectivity index (χ0n) is 29.0. The molecule has 50 heavy (non-hydrogen) atoms.